The molecule has 0 saturated carbocycles. The lowest BCUT2D eigenvalue weighted by molar-refractivity contribution is -0.119. The van der Waals surface area contributed by atoms with E-state index in [-0.39, 0.29) is 17.7 Å². The minimum atomic E-state index is -0.253. The third-order valence-electron chi connectivity index (χ3n) is 6.12. The van der Waals surface area contributed by atoms with Gasteiger partial charge in [-0.2, -0.15) is 0 Å². The van der Waals surface area contributed by atoms with Crippen LogP contribution in [-0.4, -0.2) is 5.91 Å². The molecule has 0 fully saturated rings. The molecule has 0 aromatic heterocycles. The van der Waals surface area contributed by atoms with Gasteiger partial charge in [0.1, 0.15) is 0 Å². The van der Waals surface area contributed by atoms with Gasteiger partial charge in [0.25, 0.3) is 0 Å². The van der Waals surface area contributed by atoms with E-state index in [0.717, 1.165) is 27.9 Å². The smallest absolute Gasteiger partial charge is 0.235 e. The number of hydrogen-bond acceptors (Lipinski definition) is 1. The number of allylic oxidation sites excluding steroid dienone is 1. The third-order valence-corrected chi connectivity index (χ3v) is 6.12. The summed E-state index contributed by atoms with van der Waals surface area (Å²) in [6.45, 7) is 0.580. The fraction of sp³-hybridized carbons (Fsp3) is 0.100. The highest BCUT2D eigenvalue weighted by molar-refractivity contribution is 6.05. The van der Waals surface area contributed by atoms with Crippen LogP contribution in [0.4, 0.5) is 5.69 Å². The molecular formula is C30H25NO. The maximum atomic E-state index is 13.9. The lowest BCUT2D eigenvalue weighted by Gasteiger charge is -2.22. The van der Waals surface area contributed by atoms with E-state index in [4.69, 9.17) is 0 Å². The second-order valence-electron chi connectivity index (χ2n) is 8.15. The molecule has 1 aliphatic heterocycles. The number of benzene rings is 4. The lowest BCUT2D eigenvalue weighted by atomic mass is 9.81. The zero-order valence-electron chi connectivity index (χ0n) is 17.8. The van der Waals surface area contributed by atoms with Gasteiger partial charge in [-0.05, 0) is 28.3 Å². The third kappa shape index (κ3) is 4.00. The first-order valence-corrected chi connectivity index (χ1v) is 11.0. The molecule has 0 saturated heterocycles. The van der Waals surface area contributed by atoms with Crippen molar-refractivity contribution in [2.45, 2.75) is 18.4 Å². The zero-order valence-corrected chi connectivity index (χ0v) is 17.8. The summed E-state index contributed by atoms with van der Waals surface area (Å²) in [5, 5.41) is 0. The first-order valence-electron chi connectivity index (χ1n) is 11.0. The molecule has 2 nitrogen and oxygen atoms in total. The Morgan fingerprint density at radius 3 is 2.03 bits per heavy atom. The van der Waals surface area contributed by atoms with E-state index >= 15 is 0 Å². The number of fused-ring (bicyclic) bond motifs is 1. The molecule has 0 N–H and O–H groups in total. The second kappa shape index (κ2) is 9.07. The molecule has 2 heteroatoms. The van der Waals surface area contributed by atoms with Crippen LogP contribution in [0.15, 0.2) is 121 Å². The van der Waals surface area contributed by atoms with Crippen LogP contribution in [0.1, 0.15) is 34.1 Å². The van der Waals surface area contributed by atoms with Crippen LogP contribution in [-0.2, 0) is 11.3 Å². The molecule has 0 aliphatic carbocycles. The van der Waals surface area contributed by atoms with Crippen LogP contribution in [0.5, 0.6) is 0 Å². The topological polar surface area (TPSA) is 20.3 Å². The molecule has 0 spiro atoms. The SMILES string of the molecule is O=C1[C@H]([C@@H](/C=C/c2ccccc2)c2ccccc2)c2ccccc2N1Cc1ccccc1. The minimum Gasteiger partial charge on any atom is -0.307 e. The number of amides is 1. The molecule has 2 atom stereocenters. The van der Waals surface area contributed by atoms with Crippen LogP contribution >= 0.6 is 0 Å². The summed E-state index contributed by atoms with van der Waals surface area (Å²) in [7, 11) is 0. The van der Waals surface area contributed by atoms with Crippen molar-refractivity contribution >= 4 is 17.7 Å². The van der Waals surface area contributed by atoms with Gasteiger partial charge in [0.2, 0.25) is 5.91 Å². The average molecular weight is 416 g/mol. The Bertz CT molecular complexity index is 1220. The van der Waals surface area contributed by atoms with Gasteiger partial charge in [-0.3, -0.25) is 4.79 Å². The highest BCUT2D eigenvalue weighted by Crippen LogP contribution is 2.46. The van der Waals surface area contributed by atoms with E-state index in [0.29, 0.717) is 6.54 Å². The van der Waals surface area contributed by atoms with Gasteiger partial charge in [-0.25, -0.2) is 0 Å². The molecule has 0 radical (unpaired) electrons. The molecule has 5 rings (SSSR count). The van der Waals surface area contributed by atoms with Gasteiger partial charge in [0.15, 0.2) is 0 Å². The molecule has 1 amide bonds. The molecule has 1 aliphatic rings. The molecule has 4 aromatic carbocycles. The maximum absolute atomic E-state index is 13.9. The highest BCUT2D eigenvalue weighted by Gasteiger charge is 2.41. The molecule has 1 heterocycles. The summed E-state index contributed by atoms with van der Waals surface area (Å²) in [6, 6.07) is 39.1. The van der Waals surface area contributed by atoms with Gasteiger partial charge in [0.05, 0.1) is 12.5 Å². The van der Waals surface area contributed by atoms with Crippen LogP contribution in [0.3, 0.4) is 0 Å². The van der Waals surface area contributed by atoms with Gasteiger partial charge in [-0.1, -0.05) is 121 Å². The van der Waals surface area contributed by atoms with Crippen LogP contribution in [0.2, 0.25) is 0 Å². The molecule has 32 heavy (non-hydrogen) atoms. The zero-order chi connectivity index (χ0) is 21.8. The van der Waals surface area contributed by atoms with Crippen molar-refractivity contribution in [1.82, 2.24) is 0 Å². The van der Waals surface area contributed by atoms with Crippen molar-refractivity contribution in [3.63, 3.8) is 0 Å². The summed E-state index contributed by atoms with van der Waals surface area (Å²) in [4.78, 5) is 15.8. The van der Waals surface area contributed by atoms with Crippen LogP contribution in [0, 0.1) is 0 Å². The molecule has 0 unspecified atom stereocenters. The fourth-order valence-electron chi connectivity index (χ4n) is 4.56. The van der Waals surface area contributed by atoms with E-state index in [2.05, 4.69) is 60.7 Å². The summed E-state index contributed by atoms with van der Waals surface area (Å²) in [5.41, 5.74) is 5.52. The molecular weight excluding hydrogens is 390 g/mol. The van der Waals surface area contributed by atoms with E-state index < -0.39 is 0 Å². The highest BCUT2D eigenvalue weighted by atomic mass is 16.2. The molecule has 4 aromatic rings. The normalized spacial score (nSPS) is 16.3. The summed E-state index contributed by atoms with van der Waals surface area (Å²) in [6.07, 6.45) is 4.32. The first-order chi connectivity index (χ1) is 15.8. The number of hydrogen-bond donors (Lipinski definition) is 0. The Hall–Kier alpha value is -3.91. The van der Waals surface area contributed by atoms with Crippen LogP contribution in [0.25, 0.3) is 6.08 Å². The predicted octanol–water partition coefficient (Wildman–Crippen LogP) is 6.81. The number of nitrogens with zero attached hydrogens (tertiary/aromatic N) is 1. The largest absolute Gasteiger partial charge is 0.307 e. The predicted molar refractivity (Wildman–Crippen MR) is 131 cm³/mol. The number of carbonyl (C=O) groups excluding carboxylic acids is 1. The second-order valence-corrected chi connectivity index (χ2v) is 8.15. The maximum Gasteiger partial charge on any atom is 0.235 e. The summed E-state index contributed by atoms with van der Waals surface area (Å²) >= 11 is 0. The van der Waals surface area contributed by atoms with Gasteiger partial charge in [0, 0.05) is 11.6 Å². The molecule has 156 valence electrons. The van der Waals surface area contributed by atoms with E-state index in [1.54, 1.807) is 0 Å². The fourth-order valence-corrected chi connectivity index (χ4v) is 4.56. The Labute approximate surface area is 189 Å². The van der Waals surface area contributed by atoms with Crippen molar-refractivity contribution in [2.75, 3.05) is 4.90 Å². The van der Waals surface area contributed by atoms with Crippen molar-refractivity contribution in [3.05, 3.63) is 144 Å². The number of anilines is 1. The number of rotatable bonds is 6. The van der Waals surface area contributed by atoms with Crippen molar-refractivity contribution in [2.24, 2.45) is 0 Å². The van der Waals surface area contributed by atoms with E-state index in [1.165, 1.54) is 0 Å². The minimum absolute atomic E-state index is 0.0502. The van der Waals surface area contributed by atoms with Crippen molar-refractivity contribution in [1.29, 1.82) is 0 Å². The van der Waals surface area contributed by atoms with Gasteiger partial charge in [-0.15, -0.1) is 0 Å². The van der Waals surface area contributed by atoms with Crippen molar-refractivity contribution in [3.8, 4) is 0 Å². The quantitative estimate of drug-likeness (QED) is 0.339. The van der Waals surface area contributed by atoms with Crippen LogP contribution < -0.4 is 4.90 Å². The average Bonchev–Trinajstić information content (AvgIpc) is 3.13. The lowest BCUT2D eigenvalue weighted by Crippen LogP contribution is -2.30. The Morgan fingerprint density at radius 2 is 1.31 bits per heavy atom. The van der Waals surface area contributed by atoms with Gasteiger partial charge >= 0.3 is 0 Å². The first kappa shape index (κ1) is 20.0. The standard InChI is InChI=1S/C30H25NO/c32-30-29(26(25-16-8-3-9-17-25)21-20-23-12-4-1-5-13-23)27-18-10-11-19-28(27)31(30)22-24-14-6-2-7-15-24/h1-21,26,29H,22H2/b21-20+/t26-,29+/m0/s1. The monoisotopic (exact) mass is 415 g/mol. The number of carbonyl (C=O) groups is 1. The number of para-hydroxylation sites is 1. The Balaban J connectivity index is 1.56. The van der Waals surface area contributed by atoms with Gasteiger partial charge < -0.3 is 4.90 Å². The summed E-state index contributed by atoms with van der Waals surface area (Å²) in [5.74, 6) is -0.148. The van der Waals surface area contributed by atoms with E-state index in [1.807, 2.05) is 71.6 Å². The van der Waals surface area contributed by atoms with E-state index in [9.17, 15) is 4.79 Å². The Kier molecular flexibility index (Phi) is 5.67. The Morgan fingerprint density at radius 1 is 0.719 bits per heavy atom. The molecule has 0 bridgehead atoms. The summed E-state index contributed by atoms with van der Waals surface area (Å²) < 4.78 is 0. The van der Waals surface area contributed by atoms with Crippen molar-refractivity contribution < 1.29 is 4.79 Å².